The van der Waals surface area contributed by atoms with Crippen molar-refractivity contribution in [2.45, 2.75) is 19.8 Å². The van der Waals surface area contributed by atoms with Gasteiger partial charge in [-0.2, -0.15) is 0 Å². The molecule has 0 radical (unpaired) electrons. The van der Waals surface area contributed by atoms with E-state index in [1.807, 2.05) is 0 Å². The number of hydrogen-bond donors (Lipinski definition) is 0. The van der Waals surface area contributed by atoms with Crippen LogP contribution in [0.25, 0.3) is 71.6 Å². The molecule has 2 nitrogen and oxygen atoms in total. The lowest BCUT2D eigenvalue weighted by Crippen LogP contribution is -2.03. The molecule has 2 heteroatoms. The molecule has 0 spiro atoms. The van der Waals surface area contributed by atoms with E-state index in [-0.39, 0.29) is 0 Å². The van der Waals surface area contributed by atoms with Crippen LogP contribution in [0.1, 0.15) is 25.6 Å². The molecule has 0 bridgehead atoms. The van der Waals surface area contributed by atoms with Crippen molar-refractivity contribution in [2.75, 3.05) is 0 Å². The van der Waals surface area contributed by atoms with Crippen LogP contribution in [0.15, 0.2) is 152 Å². The lowest BCUT2D eigenvalue weighted by atomic mass is 9.85. The maximum Gasteiger partial charge on any atom is 0.117 e. The first kappa shape index (κ1) is 26.2. The van der Waals surface area contributed by atoms with E-state index in [1.165, 1.54) is 54.9 Å². The molecule has 0 saturated heterocycles. The number of rotatable bonds is 5. The molecule has 0 amide bonds. The predicted octanol–water partition coefficient (Wildman–Crippen LogP) is 11.5. The van der Waals surface area contributed by atoms with E-state index >= 15 is 0 Å². The molecule has 210 valence electrons. The molecule has 0 unspecified atom stereocenters. The van der Waals surface area contributed by atoms with Crippen molar-refractivity contribution in [3.8, 4) is 39.1 Å². The third-order valence-corrected chi connectivity index (χ3v) is 8.71. The van der Waals surface area contributed by atoms with Crippen LogP contribution in [0.3, 0.4) is 0 Å². The van der Waals surface area contributed by atoms with Crippen molar-refractivity contribution in [1.29, 1.82) is 0 Å². The van der Waals surface area contributed by atoms with Gasteiger partial charge in [0.2, 0.25) is 0 Å². The highest BCUT2D eigenvalue weighted by Gasteiger charge is 2.19. The van der Waals surface area contributed by atoms with Gasteiger partial charge in [-0.05, 0) is 85.3 Å². The average molecular weight is 565 g/mol. The van der Waals surface area contributed by atoms with Gasteiger partial charge in [0.25, 0.3) is 0 Å². The first-order valence-electron chi connectivity index (χ1n) is 15.3. The molecule has 7 aromatic carbocycles. The van der Waals surface area contributed by atoms with Gasteiger partial charge in [0.1, 0.15) is 5.82 Å². The number of hydrogen-bond acceptors (Lipinski definition) is 1. The minimum absolute atomic E-state index is 0.305. The van der Waals surface area contributed by atoms with Crippen LogP contribution in [0, 0.1) is 0 Å². The van der Waals surface area contributed by atoms with Gasteiger partial charge < -0.3 is 0 Å². The Hall–Kier alpha value is -5.47. The van der Waals surface area contributed by atoms with Crippen LogP contribution < -0.4 is 0 Å². The normalized spacial score (nSPS) is 11.6. The number of imidazole rings is 1. The van der Waals surface area contributed by atoms with Crippen LogP contribution in [0.4, 0.5) is 0 Å². The summed E-state index contributed by atoms with van der Waals surface area (Å²) in [5, 5.41) is 5.04. The number of fused-ring (bicyclic) bond motifs is 3. The van der Waals surface area contributed by atoms with Crippen molar-refractivity contribution in [1.82, 2.24) is 9.55 Å². The second-order valence-corrected chi connectivity index (χ2v) is 11.8. The average Bonchev–Trinajstić information content (AvgIpc) is 3.48. The Morgan fingerprint density at radius 1 is 0.455 bits per heavy atom. The van der Waals surface area contributed by atoms with Crippen LogP contribution in [-0.4, -0.2) is 9.55 Å². The molecule has 44 heavy (non-hydrogen) atoms. The third kappa shape index (κ3) is 4.30. The van der Waals surface area contributed by atoms with Crippen molar-refractivity contribution in [3.63, 3.8) is 0 Å². The molecule has 8 aromatic rings. The van der Waals surface area contributed by atoms with Crippen molar-refractivity contribution < 1.29 is 0 Å². The number of aromatic nitrogens is 2. The molecule has 8 rings (SSSR count). The summed E-state index contributed by atoms with van der Waals surface area (Å²) < 4.78 is 2.31. The summed E-state index contributed by atoms with van der Waals surface area (Å²) in [5.74, 6) is 1.38. The van der Waals surface area contributed by atoms with Crippen molar-refractivity contribution in [3.05, 3.63) is 157 Å². The Balaban J connectivity index is 1.39. The van der Waals surface area contributed by atoms with E-state index in [9.17, 15) is 0 Å². The van der Waals surface area contributed by atoms with Gasteiger partial charge in [0.05, 0.1) is 11.0 Å². The molecule has 0 aliphatic rings. The molecule has 1 heterocycles. The Kier molecular flexibility index (Phi) is 6.34. The molecule has 0 saturated carbocycles. The summed E-state index contributed by atoms with van der Waals surface area (Å²) in [6.07, 6.45) is 0. The predicted molar refractivity (Wildman–Crippen MR) is 186 cm³/mol. The lowest BCUT2D eigenvalue weighted by Gasteiger charge is -2.19. The third-order valence-electron chi connectivity index (χ3n) is 8.71. The van der Waals surface area contributed by atoms with Gasteiger partial charge in [0, 0.05) is 11.6 Å². The number of benzene rings is 7. The molecule has 0 fully saturated rings. The number of nitrogens with zero attached hydrogens (tertiary/aromatic N) is 2. The van der Waals surface area contributed by atoms with Gasteiger partial charge in [-0.1, -0.05) is 135 Å². The molecule has 1 aromatic heterocycles. The molecule has 0 aliphatic carbocycles. The molecular formula is C42H32N2. The van der Waals surface area contributed by atoms with Crippen LogP contribution in [-0.2, 0) is 0 Å². The first-order chi connectivity index (χ1) is 21.7. The van der Waals surface area contributed by atoms with Gasteiger partial charge in [-0.25, -0.2) is 4.98 Å². The zero-order valence-corrected chi connectivity index (χ0v) is 24.9. The highest BCUT2D eigenvalue weighted by Crippen LogP contribution is 2.45. The smallest absolute Gasteiger partial charge is 0.117 e. The molecule has 0 N–H and O–H groups in total. The van der Waals surface area contributed by atoms with Gasteiger partial charge >= 0.3 is 0 Å². The Bertz CT molecular complexity index is 2280. The Labute approximate surface area is 257 Å². The van der Waals surface area contributed by atoms with Crippen molar-refractivity contribution >= 4 is 32.6 Å². The fraction of sp³-hybridized carbons (Fsp3) is 0.0714. The van der Waals surface area contributed by atoms with Crippen LogP contribution in [0.2, 0.25) is 0 Å². The van der Waals surface area contributed by atoms with Gasteiger partial charge in [0.15, 0.2) is 0 Å². The van der Waals surface area contributed by atoms with E-state index in [0.717, 1.165) is 22.5 Å². The maximum atomic E-state index is 4.99. The van der Waals surface area contributed by atoms with Crippen LogP contribution >= 0.6 is 0 Å². The minimum Gasteiger partial charge on any atom is -0.296 e. The molecule has 0 atom stereocenters. The fourth-order valence-corrected chi connectivity index (χ4v) is 6.70. The topological polar surface area (TPSA) is 17.8 Å². The standard InChI is InChI=1S/C42H32N2/c1-28(2)42-43-38-19-11-12-20-39(38)44(42)33-24-21-31(22-25-33)40-34-17-9-10-18-35(34)41(30-15-7-4-8-16-30)37-27-32(23-26-36(37)40)29-13-5-3-6-14-29/h3-28H,1-2H3. The summed E-state index contributed by atoms with van der Waals surface area (Å²) in [6, 6.07) is 54.8. The van der Waals surface area contributed by atoms with E-state index in [2.05, 4.69) is 170 Å². The second kappa shape index (κ2) is 10.7. The van der Waals surface area contributed by atoms with Crippen LogP contribution in [0.5, 0.6) is 0 Å². The summed E-state index contributed by atoms with van der Waals surface area (Å²) >= 11 is 0. The quantitative estimate of drug-likeness (QED) is 0.190. The maximum absolute atomic E-state index is 4.99. The van der Waals surface area contributed by atoms with E-state index in [4.69, 9.17) is 4.98 Å². The van der Waals surface area contributed by atoms with Crippen molar-refractivity contribution in [2.24, 2.45) is 0 Å². The number of para-hydroxylation sites is 2. The Morgan fingerprint density at radius 2 is 0.977 bits per heavy atom. The van der Waals surface area contributed by atoms with Gasteiger partial charge in [-0.15, -0.1) is 0 Å². The minimum atomic E-state index is 0.305. The second-order valence-electron chi connectivity index (χ2n) is 11.8. The van der Waals surface area contributed by atoms with Gasteiger partial charge in [-0.3, -0.25) is 4.57 Å². The zero-order chi connectivity index (χ0) is 29.6. The summed E-state index contributed by atoms with van der Waals surface area (Å²) in [5.41, 5.74) is 10.7. The highest BCUT2D eigenvalue weighted by molar-refractivity contribution is 6.22. The largest absolute Gasteiger partial charge is 0.296 e. The summed E-state index contributed by atoms with van der Waals surface area (Å²) in [7, 11) is 0. The highest BCUT2D eigenvalue weighted by atomic mass is 15.1. The Morgan fingerprint density at radius 3 is 1.66 bits per heavy atom. The van der Waals surface area contributed by atoms with E-state index in [1.54, 1.807) is 0 Å². The SMILES string of the molecule is CC(C)c1nc2ccccc2n1-c1ccc(-c2c3ccccc3c(-c3ccccc3)c3cc(-c4ccccc4)ccc23)cc1. The first-order valence-corrected chi connectivity index (χ1v) is 15.3. The monoisotopic (exact) mass is 564 g/mol. The zero-order valence-electron chi connectivity index (χ0n) is 24.9. The van der Waals surface area contributed by atoms with E-state index < -0.39 is 0 Å². The summed E-state index contributed by atoms with van der Waals surface area (Å²) in [6.45, 7) is 4.42. The molecular weight excluding hydrogens is 532 g/mol. The van der Waals surface area contributed by atoms with E-state index in [0.29, 0.717) is 5.92 Å². The molecule has 0 aliphatic heterocycles. The lowest BCUT2D eigenvalue weighted by molar-refractivity contribution is 0.760. The summed E-state index contributed by atoms with van der Waals surface area (Å²) in [4.78, 5) is 4.99. The fourth-order valence-electron chi connectivity index (χ4n) is 6.70.